The summed E-state index contributed by atoms with van der Waals surface area (Å²) < 4.78 is 5.21. The van der Waals surface area contributed by atoms with E-state index in [1.165, 1.54) is 6.20 Å². The lowest BCUT2D eigenvalue weighted by atomic mass is 9.99. The first-order chi connectivity index (χ1) is 8.18. The van der Waals surface area contributed by atoms with E-state index in [9.17, 15) is 4.79 Å². The number of ether oxygens (including phenoxy) is 1. The minimum Gasteiger partial charge on any atom is -0.389 e. The van der Waals surface area contributed by atoms with Crippen molar-refractivity contribution in [2.24, 2.45) is 11.7 Å². The van der Waals surface area contributed by atoms with Crippen molar-refractivity contribution in [3.05, 3.63) is 11.8 Å². The van der Waals surface area contributed by atoms with E-state index in [1.807, 2.05) is 0 Å². The summed E-state index contributed by atoms with van der Waals surface area (Å²) in [5.41, 5.74) is 6.07. The maximum Gasteiger partial charge on any atom is 0.228 e. The first-order valence-corrected chi connectivity index (χ1v) is 5.81. The molecule has 0 aliphatic carbocycles. The fraction of sp³-hybridized carbons (Fsp3) is 0.500. The van der Waals surface area contributed by atoms with E-state index in [2.05, 4.69) is 15.5 Å². The molecule has 92 valence electrons. The van der Waals surface area contributed by atoms with Gasteiger partial charge in [-0.3, -0.25) is 9.89 Å². The van der Waals surface area contributed by atoms with Crippen molar-refractivity contribution < 1.29 is 9.53 Å². The molecule has 0 bridgehead atoms. The van der Waals surface area contributed by atoms with E-state index >= 15 is 0 Å². The maximum absolute atomic E-state index is 11.9. The Morgan fingerprint density at radius 3 is 2.94 bits per heavy atom. The molecule has 1 aliphatic rings. The van der Waals surface area contributed by atoms with Gasteiger partial charge in [-0.05, 0) is 12.8 Å². The number of nitrogens with one attached hydrogen (secondary N) is 2. The Morgan fingerprint density at radius 2 is 2.29 bits per heavy atom. The van der Waals surface area contributed by atoms with Gasteiger partial charge in [0, 0.05) is 19.1 Å². The minimum atomic E-state index is -0.0462. The topological polar surface area (TPSA) is 93.0 Å². The molecule has 7 heteroatoms. The SMILES string of the molecule is NC(=S)c1cn[nH]c1NC(=O)C1CCOCC1. The normalized spacial score (nSPS) is 16.7. The summed E-state index contributed by atoms with van der Waals surface area (Å²) in [6, 6.07) is 0. The molecule has 2 rings (SSSR count). The van der Waals surface area contributed by atoms with Crippen LogP contribution in [0.4, 0.5) is 5.82 Å². The number of aromatic nitrogens is 2. The zero-order chi connectivity index (χ0) is 12.3. The molecular formula is C10H14N4O2S. The van der Waals surface area contributed by atoms with E-state index in [0.717, 1.165) is 12.8 Å². The molecule has 17 heavy (non-hydrogen) atoms. The maximum atomic E-state index is 11.9. The second-order valence-electron chi connectivity index (χ2n) is 3.90. The average Bonchev–Trinajstić information content (AvgIpc) is 2.78. The van der Waals surface area contributed by atoms with Gasteiger partial charge in [-0.15, -0.1) is 0 Å². The number of anilines is 1. The summed E-state index contributed by atoms with van der Waals surface area (Å²) in [5, 5.41) is 9.25. The molecule has 0 radical (unpaired) electrons. The van der Waals surface area contributed by atoms with Crippen molar-refractivity contribution >= 4 is 28.9 Å². The number of rotatable bonds is 3. The molecule has 0 aromatic carbocycles. The van der Waals surface area contributed by atoms with E-state index in [-0.39, 0.29) is 16.8 Å². The smallest absolute Gasteiger partial charge is 0.228 e. The van der Waals surface area contributed by atoms with Crippen molar-refractivity contribution in [2.75, 3.05) is 18.5 Å². The zero-order valence-electron chi connectivity index (χ0n) is 9.23. The quantitative estimate of drug-likeness (QED) is 0.679. The van der Waals surface area contributed by atoms with Crippen molar-refractivity contribution in [1.29, 1.82) is 0 Å². The van der Waals surface area contributed by atoms with Crippen molar-refractivity contribution in [3.8, 4) is 0 Å². The van der Waals surface area contributed by atoms with Crippen LogP contribution in [0.15, 0.2) is 6.20 Å². The second kappa shape index (κ2) is 5.24. The standard InChI is InChI=1S/C10H14N4O2S/c11-8(17)7-5-12-14-9(7)13-10(15)6-1-3-16-4-2-6/h5-6H,1-4H2,(H2,11,17)(H2,12,13,14,15). The van der Waals surface area contributed by atoms with Crippen LogP contribution in [0.2, 0.25) is 0 Å². The summed E-state index contributed by atoms with van der Waals surface area (Å²) in [5.74, 6) is 0.398. The van der Waals surface area contributed by atoms with Crippen LogP contribution in [0.1, 0.15) is 18.4 Å². The summed E-state index contributed by atoms with van der Waals surface area (Å²) >= 11 is 4.86. The fourth-order valence-corrected chi connectivity index (χ4v) is 1.91. The predicted molar refractivity (Wildman–Crippen MR) is 66.6 cm³/mol. The van der Waals surface area contributed by atoms with Gasteiger partial charge in [0.25, 0.3) is 0 Å². The van der Waals surface area contributed by atoms with Crippen LogP contribution in [0, 0.1) is 5.92 Å². The molecule has 4 N–H and O–H groups in total. The lowest BCUT2D eigenvalue weighted by Gasteiger charge is -2.20. The van der Waals surface area contributed by atoms with Crippen molar-refractivity contribution in [1.82, 2.24) is 10.2 Å². The first-order valence-electron chi connectivity index (χ1n) is 5.40. The van der Waals surface area contributed by atoms with Gasteiger partial charge in [-0.1, -0.05) is 12.2 Å². The van der Waals surface area contributed by atoms with Crippen molar-refractivity contribution in [3.63, 3.8) is 0 Å². The van der Waals surface area contributed by atoms with Crippen LogP contribution < -0.4 is 11.1 Å². The molecule has 6 nitrogen and oxygen atoms in total. The molecular weight excluding hydrogens is 240 g/mol. The van der Waals surface area contributed by atoms with Crippen LogP contribution in [0.3, 0.4) is 0 Å². The van der Waals surface area contributed by atoms with E-state index < -0.39 is 0 Å². The third kappa shape index (κ3) is 2.80. The highest BCUT2D eigenvalue weighted by atomic mass is 32.1. The van der Waals surface area contributed by atoms with Crippen molar-refractivity contribution in [2.45, 2.75) is 12.8 Å². The molecule has 1 fully saturated rings. The predicted octanol–water partition coefficient (Wildman–Crippen LogP) is 0.409. The van der Waals surface area contributed by atoms with E-state index in [1.54, 1.807) is 0 Å². The molecule has 0 spiro atoms. The van der Waals surface area contributed by atoms with Gasteiger partial charge in [0.1, 0.15) is 10.8 Å². The van der Waals surface area contributed by atoms with Gasteiger partial charge in [0.15, 0.2) is 0 Å². The van der Waals surface area contributed by atoms with Gasteiger partial charge >= 0.3 is 0 Å². The first kappa shape index (κ1) is 12.0. The number of carbonyl (C=O) groups is 1. The average molecular weight is 254 g/mol. The number of nitrogens with zero attached hydrogens (tertiary/aromatic N) is 1. The summed E-state index contributed by atoms with van der Waals surface area (Å²) in [4.78, 5) is 12.2. The molecule has 1 aromatic heterocycles. The Labute approximate surface area is 104 Å². The summed E-state index contributed by atoms with van der Waals surface area (Å²) in [6.45, 7) is 1.26. The second-order valence-corrected chi connectivity index (χ2v) is 4.34. The lowest BCUT2D eigenvalue weighted by molar-refractivity contribution is -0.122. The monoisotopic (exact) mass is 254 g/mol. The van der Waals surface area contributed by atoms with E-state index in [4.69, 9.17) is 22.7 Å². The number of nitrogens with two attached hydrogens (primary N) is 1. The van der Waals surface area contributed by atoms with Gasteiger partial charge < -0.3 is 15.8 Å². The zero-order valence-corrected chi connectivity index (χ0v) is 10.0. The molecule has 1 aromatic rings. The van der Waals surface area contributed by atoms with Crippen LogP contribution >= 0.6 is 12.2 Å². The van der Waals surface area contributed by atoms with Gasteiger partial charge in [0.05, 0.1) is 11.8 Å². The molecule has 1 aliphatic heterocycles. The number of amides is 1. The highest BCUT2D eigenvalue weighted by Gasteiger charge is 2.22. The molecule has 0 unspecified atom stereocenters. The van der Waals surface area contributed by atoms with Crippen LogP contribution in [0.5, 0.6) is 0 Å². The third-order valence-electron chi connectivity index (χ3n) is 2.75. The largest absolute Gasteiger partial charge is 0.389 e. The Balaban J connectivity index is 2.02. The van der Waals surface area contributed by atoms with E-state index in [0.29, 0.717) is 24.6 Å². The van der Waals surface area contributed by atoms with Gasteiger partial charge in [-0.2, -0.15) is 5.10 Å². The van der Waals surface area contributed by atoms with Gasteiger partial charge in [0.2, 0.25) is 5.91 Å². The molecule has 1 amide bonds. The molecule has 1 saturated heterocycles. The highest BCUT2D eigenvalue weighted by Crippen LogP contribution is 2.18. The molecule has 0 saturated carbocycles. The van der Waals surface area contributed by atoms with Crippen LogP contribution in [-0.2, 0) is 9.53 Å². The Bertz CT molecular complexity index is 426. The van der Waals surface area contributed by atoms with Crippen LogP contribution in [0.25, 0.3) is 0 Å². The lowest BCUT2D eigenvalue weighted by Crippen LogP contribution is -2.29. The molecule has 0 atom stereocenters. The third-order valence-corrected chi connectivity index (χ3v) is 2.97. The minimum absolute atomic E-state index is 0.0220. The number of aromatic amines is 1. The van der Waals surface area contributed by atoms with Gasteiger partial charge in [-0.25, -0.2) is 0 Å². The number of hydrogen-bond acceptors (Lipinski definition) is 4. The number of thiocarbonyl (C=S) groups is 1. The Morgan fingerprint density at radius 1 is 1.59 bits per heavy atom. The van der Waals surface area contributed by atoms with Crippen LogP contribution in [-0.4, -0.2) is 34.3 Å². The Hall–Kier alpha value is -1.47. The highest BCUT2D eigenvalue weighted by molar-refractivity contribution is 7.80. The summed E-state index contributed by atoms with van der Waals surface area (Å²) in [6.07, 6.45) is 2.98. The number of hydrogen-bond donors (Lipinski definition) is 3. The molecule has 2 heterocycles. The summed E-state index contributed by atoms with van der Waals surface area (Å²) in [7, 11) is 0. The Kier molecular flexibility index (Phi) is 3.70. The number of carbonyl (C=O) groups excluding carboxylic acids is 1. The number of H-pyrrole nitrogens is 1. The fourth-order valence-electron chi connectivity index (χ4n) is 1.75.